The number of carboxylic acids is 1. The van der Waals surface area contributed by atoms with Gasteiger partial charge in [0.1, 0.15) is 5.82 Å². The van der Waals surface area contributed by atoms with E-state index in [2.05, 4.69) is 41.8 Å². The van der Waals surface area contributed by atoms with Crippen LogP contribution in [-0.4, -0.2) is 39.9 Å². The summed E-state index contributed by atoms with van der Waals surface area (Å²) in [5.41, 5.74) is 5.17. The Bertz CT molecular complexity index is 1270. The summed E-state index contributed by atoms with van der Waals surface area (Å²) in [4.78, 5) is 31.5. The fourth-order valence-electron chi connectivity index (χ4n) is 6.21. The van der Waals surface area contributed by atoms with Crippen LogP contribution in [0.15, 0.2) is 42.5 Å². The van der Waals surface area contributed by atoms with Crippen LogP contribution in [0.25, 0.3) is 11.0 Å². The van der Waals surface area contributed by atoms with Crippen molar-refractivity contribution in [2.45, 2.75) is 76.8 Å². The van der Waals surface area contributed by atoms with Gasteiger partial charge in [-0.1, -0.05) is 43.7 Å². The van der Waals surface area contributed by atoms with Gasteiger partial charge in [0, 0.05) is 23.6 Å². The largest absolute Gasteiger partial charge is 0.481 e. The lowest BCUT2D eigenvalue weighted by atomic mass is 9.85. The smallest absolute Gasteiger partial charge is 0.414 e. The molecule has 1 fully saturated rings. The summed E-state index contributed by atoms with van der Waals surface area (Å²) >= 11 is 0. The quantitative estimate of drug-likeness (QED) is 0.468. The van der Waals surface area contributed by atoms with Gasteiger partial charge in [-0.15, -0.1) is 0 Å². The second-order valence-corrected chi connectivity index (χ2v) is 10.4. The highest BCUT2D eigenvalue weighted by Crippen LogP contribution is 2.42. The summed E-state index contributed by atoms with van der Waals surface area (Å²) in [5.74, 6) is 0.122. The first-order valence-electron chi connectivity index (χ1n) is 13.1. The Labute approximate surface area is 212 Å². The molecule has 36 heavy (non-hydrogen) atoms. The molecule has 0 unspecified atom stereocenters. The number of amides is 1. The molecule has 1 aliphatic heterocycles. The Morgan fingerprint density at radius 2 is 1.92 bits per heavy atom. The Morgan fingerprint density at radius 3 is 2.64 bits per heavy atom. The fourth-order valence-corrected chi connectivity index (χ4v) is 6.21. The summed E-state index contributed by atoms with van der Waals surface area (Å²) in [5, 5.41) is 9.75. The van der Waals surface area contributed by atoms with Crippen molar-refractivity contribution in [1.82, 2.24) is 9.55 Å². The van der Waals surface area contributed by atoms with Crippen molar-refractivity contribution in [2.24, 2.45) is 5.92 Å². The highest BCUT2D eigenvalue weighted by molar-refractivity contribution is 5.95. The number of methoxy groups -OCH3 is 1. The highest BCUT2D eigenvalue weighted by atomic mass is 16.5. The third-order valence-electron chi connectivity index (χ3n) is 8.04. The maximum Gasteiger partial charge on any atom is 0.414 e. The van der Waals surface area contributed by atoms with E-state index in [0.29, 0.717) is 6.42 Å². The van der Waals surface area contributed by atoms with Gasteiger partial charge >= 0.3 is 12.1 Å². The molecule has 7 nitrogen and oxygen atoms in total. The molecular weight excluding hydrogens is 454 g/mol. The van der Waals surface area contributed by atoms with E-state index in [4.69, 9.17) is 9.72 Å². The summed E-state index contributed by atoms with van der Waals surface area (Å²) in [7, 11) is 1.42. The van der Waals surface area contributed by atoms with E-state index >= 15 is 0 Å². The standard InChI is InChI=1S/C29H35N3O4/c1-18(16-20-8-5-4-6-9-20)27-30-26-23-13-12-19(2)31(29(35)36-3)24(23)14-15-25(26)32(27)22-11-7-10-21(17-22)28(33)34/h4-6,8-9,14-15,18-19,21-22H,7,10-13,16-17H2,1-3H3,(H,33,34)/t18-,19-,21+,22+/m0/s1. The lowest BCUT2D eigenvalue weighted by Crippen LogP contribution is -2.42. The van der Waals surface area contributed by atoms with Crippen LogP contribution >= 0.6 is 0 Å². The first-order chi connectivity index (χ1) is 17.4. The van der Waals surface area contributed by atoms with Crippen molar-refractivity contribution in [2.75, 3.05) is 12.0 Å². The number of aromatic nitrogens is 2. The van der Waals surface area contributed by atoms with Crippen molar-refractivity contribution in [1.29, 1.82) is 0 Å². The monoisotopic (exact) mass is 489 g/mol. The zero-order valence-corrected chi connectivity index (χ0v) is 21.3. The fraction of sp³-hybridized carbons (Fsp3) is 0.483. The number of benzene rings is 2. The van der Waals surface area contributed by atoms with Crippen LogP contribution in [0.3, 0.4) is 0 Å². The zero-order chi connectivity index (χ0) is 25.4. The number of nitrogens with zero attached hydrogens (tertiary/aromatic N) is 3. The minimum absolute atomic E-state index is 0.0515. The molecule has 5 rings (SSSR count). The molecule has 0 radical (unpaired) electrons. The maximum atomic E-state index is 12.6. The molecule has 1 aliphatic carbocycles. The highest BCUT2D eigenvalue weighted by Gasteiger charge is 2.34. The molecule has 2 heterocycles. The number of ether oxygens (including phenoxy) is 1. The molecule has 0 spiro atoms. The maximum absolute atomic E-state index is 12.6. The van der Waals surface area contributed by atoms with Gasteiger partial charge < -0.3 is 14.4 Å². The molecule has 1 saturated carbocycles. The molecule has 7 heteroatoms. The van der Waals surface area contributed by atoms with Crippen LogP contribution in [0.5, 0.6) is 0 Å². The second kappa shape index (κ2) is 9.96. The van der Waals surface area contributed by atoms with Crippen molar-refractivity contribution in [3.63, 3.8) is 0 Å². The van der Waals surface area contributed by atoms with Gasteiger partial charge in [0.15, 0.2) is 0 Å². The Hall–Kier alpha value is -3.35. The molecule has 190 valence electrons. The van der Waals surface area contributed by atoms with Gasteiger partial charge in [-0.2, -0.15) is 0 Å². The van der Waals surface area contributed by atoms with Gasteiger partial charge in [-0.05, 0) is 63.1 Å². The molecule has 2 aromatic carbocycles. The van der Waals surface area contributed by atoms with Gasteiger partial charge in [0.05, 0.1) is 29.7 Å². The molecule has 1 amide bonds. The molecule has 2 aliphatic rings. The van der Waals surface area contributed by atoms with Crippen LogP contribution in [0, 0.1) is 5.92 Å². The van der Waals surface area contributed by atoms with Crippen LogP contribution < -0.4 is 4.90 Å². The van der Waals surface area contributed by atoms with E-state index in [1.807, 2.05) is 19.1 Å². The van der Waals surface area contributed by atoms with Gasteiger partial charge in [0.25, 0.3) is 0 Å². The van der Waals surface area contributed by atoms with Crippen LogP contribution in [0.4, 0.5) is 10.5 Å². The van der Waals surface area contributed by atoms with E-state index in [1.54, 1.807) is 4.90 Å². The van der Waals surface area contributed by atoms with Gasteiger partial charge in [0.2, 0.25) is 0 Å². The summed E-state index contributed by atoms with van der Waals surface area (Å²) in [6.07, 6.45) is 5.38. The second-order valence-electron chi connectivity index (χ2n) is 10.4. The van der Waals surface area contributed by atoms with E-state index in [-0.39, 0.29) is 30.0 Å². The molecular formula is C29H35N3O4. The average molecular weight is 490 g/mol. The van der Waals surface area contributed by atoms with Crippen LogP contribution in [0.2, 0.25) is 0 Å². The van der Waals surface area contributed by atoms with Crippen LogP contribution in [0.1, 0.15) is 74.9 Å². The molecule has 0 saturated heterocycles. The minimum Gasteiger partial charge on any atom is -0.481 e. The third kappa shape index (κ3) is 4.36. The Balaban J connectivity index is 1.64. The predicted molar refractivity (Wildman–Crippen MR) is 140 cm³/mol. The van der Waals surface area contributed by atoms with Gasteiger partial charge in [-0.25, -0.2) is 9.78 Å². The number of imidazole rings is 1. The number of fused-ring (bicyclic) bond motifs is 3. The van der Waals surface area contributed by atoms with Crippen molar-refractivity contribution in [3.8, 4) is 0 Å². The summed E-state index contributed by atoms with van der Waals surface area (Å²) in [6.45, 7) is 4.25. The molecule has 1 aromatic heterocycles. The number of aryl methyl sites for hydroxylation is 1. The van der Waals surface area contributed by atoms with Crippen LogP contribution in [-0.2, 0) is 22.4 Å². The first kappa shape index (κ1) is 24.3. The number of hydrogen-bond acceptors (Lipinski definition) is 4. The number of carbonyl (C=O) groups is 2. The van der Waals surface area contributed by atoms with E-state index < -0.39 is 5.97 Å². The number of aliphatic carboxylic acids is 1. The first-order valence-corrected chi connectivity index (χ1v) is 13.1. The zero-order valence-electron chi connectivity index (χ0n) is 21.3. The number of anilines is 1. The average Bonchev–Trinajstić information content (AvgIpc) is 3.29. The minimum atomic E-state index is -0.705. The summed E-state index contributed by atoms with van der Waals surface area (Å²) in [6, 6.07) is 14.7. The van der Waals surface area contributed by atoms with Crippen molar-refractivity contribution >= 4 is 28.8 Å². The Kier molecular flexibility index (Phi) is 6.73. The third-order valence-corrected chi connectivity index (χ3v) is 8.04. The number of carbonyl (C=O) groups excluding carboxylic acids is 1. The lowest BCUT2D eigenvalue weighted by molar-refractivity contribution is -0.143. The van der Waals surface area contributed by atoms with Gasteiger partial charge in [-0.3, -0.25) is 9.69 Å². The molecule has 4 atom stereocenters. The molecule has 1 N–H and O–H groups in total. The van der Waals surface area contributed by atoms with E-state index in [0.717, 1.165) is 66.6 Å². The van der Waals surface area contributed by atoms with Crippen molar-refractivity contribution in [3.05, 3.63) is 59.4 Å². The molecule has 3 aromatic rings. The van der Waals surface area contributed by atoms with E-state index in [9.17, 15) is 14.7 Å². The summed E-state index contributed by atoms with van der Waals surface area (Å²) < 4.78 is 7.43. The predicted octanol–water partition coefficient (Wildman–Crippen LogP) is 6.11. The van der Waals surface area contributed by atoms with E-state index in [1.165, 1.54) is 12.7 Å². The lowest BCUT2D eigenvalue weighted by Gasteiger charge is -2.34. The SMILES string of the molecule is COC(=O)N1c2ccc3c(nc([C@@H](C)Cc4ccccc4)n3[C@@H]3CCC[C@@H](C(=O)O)C3)c2CC[C@@H]1C. The Morgan fingerprint density at radius 1 is 1.14 bits per heavy atom. The molecule has 0 bridgehead atoms. The number of rotatable bonds is 5. The normalized spacial score (nSPS) is 22.8. The number of hydrogen-bond donors (Lipinski definition) is 1. The topological polar surface area (TPSA) is 84.7 Å². The van der Waals surface area contributed by atoms with Crippen molar-refractivity contribution < 1.29 is 19.4 Å². The number of carboxylic acid groups (broad SMARTS) is 1.